The van der Waals surface area contributed by atoms with Gasteiger partial charge in [-0.1, -0.05) is 76.6 Å². The number of esters is 1. The van der Waals surface area contributed by atoms with Crippen LogP contribution >= 0.6 is 27.3 Å². The van der Waals surface area contributed by atoms with E-state index in [1.807, 2.05) is 84.2 Å². The number of nitrogens with one attached hydrogen (secondary N) is 1. The average molecular weight is 543 g/mol. The van der Waals surface area contributed by atoms with E-state index < -0.39 is 5.97 Å². The van der Waals surface area contributed by atoms with Crippen LogP contribution in [-0.2, 0) is 4.74 Å². The largest absolute Gasteiger partial charge is 0.465 e. The van der Waals surface area contributed by atoms with Gasteiger partial charge in [-0.25, -0.2) is 9.78 Å². The summed E-state index contributed by atoms with van der Waals surface area (Å²) in [6.07, 6.45) is 0. The Morgan fingerprint density at radius 1 is 0.914 bits per heavy atom. The maximum Gasteiger partial charge on any atom is 0.341 e. The topological polar surface area (TPSA) is 68.3 Å². The lowest BCUT2D eigenvalue weighted by atomic mass is 10.0. The van der Waals surface area contributed by atoms with Gasteiger partial charge in [0, 0.05) is 26.4 Å². The molecule has 1 N–H and O–H groups in total. The highest BCUT2D eigenvalue weighted by molar-refractivity contribution is 9.10. The molecule has 2 aromatic heterocycles. The van der Waals surface area contributed by atoms with Crippen molar-refractivity contribution in [3.63, 3.8) is 0 Å². The smallest absolute Gasteiger partial charge is 0.341 e. The van der Waals surface area contributed by atoms with Crippen LogP contribution in [0.3, 0.4) is 0 Å². The number of carbonyl (C=O) groups excluding carboxylic acids is 2. The van der Waals surface area contributed by atoms with Crippen molar-refractivity contribution >= 4 is 55.0 Å². The Morgan fingerprint density at radius 3 is 2.43 bits per heavy atom. The van der Waals surface area contributed by atoms with Gasteiger partial charge in [0.15, 0.2) is 0 Å². The van der Waals surface area contributed by atoms with E-state index in [9.17, 15) is 9.59 Å². The Kier molecular flexibility index (Phi) is 6.44. The molecular formula is C28H19BrN2O3S. The number of nitrogens with zero attached hydrogens (tertiary/aromatic N) is 1. The van der Waals surface area contributed by atoms with Gasteiger partial charge < -0.3 is 10.1 Å². The molecule has 7 heteroatoms. The van der Waals surface area contributed by atoms with Crippen LogP contribution in [0, 0.1) is 0 Å². The third-order valence-electron chi connectivity index (χ3n) is 5.57. The number of carbonyl (C=O) groups is 2. The van der Waals surface area contributed by atoms with Crippen LogP contribution in [0.1, 0.15) is 20.7 Å². The van der Waals surface area contributed by atoms with Gasteiger partial charge in [0.1, 0.15) is 10.6 Å². The van der Waals surface area contributed by atoms with Crippen molar-refractivity contribution in [1.82, 2.24) is 4.98 Å². The standard InChI is InChI=1S/C28H19BrN2O3S/c1-34-28(33)25-22(17-8-3-2-4-9-17)16-35-27(25)31-26(32)21-15-24(18-10-7-11-19(29)14-18)30-23-13-6-5-12-20(21)23/h2-16H,1H3,(H,31,32). The first-order valence-corrected chi connectivity index (χ1v) is 12.4. The number of aromatic nitrogens is 1. The number of para-hydroxylation sites is 1. The van der Waals surface area contributed by atoms with Gasteiger partial charge in [-0.3, -0.25) is 4.79 Å². The number of pyridine rings is 1. The summed E-state index contributed by atoms with van der Waals surface area (Å²) in [6.45, 7) is 0. The van der Waals surface area contributed by atoms with E-state index in [0.29, 0.717) is 32.9 Å². The Bertz CT molecular complexity index is 1560. The molecule has 0 radical (unpaired) electrons. The molecule has 0 saturated carbocycles. The Balaban J connectivity index is 1.59. The number of ether oxygens (including phenoxy) is 1. The molecule has 172 valence electrons. The fourth-order valence-corrected chi connectivity index (χ4v) is 5.27. The maximum absolute atomic E-state index is 13.6. The summed E-state index contributed by atoms with van der Waals surface area (Å²) >= 11 is 4.79. The number of benzene rings is 3. The first kappa shape index (κ1) is 23.0. The first-order chi connectivity index (χ1) is 17.0. The molecule has 0 aliphatic heterocycles. The molecule has 3 aromatic carbocycles. The van der Waals surface area contributed by atoms with Crippen molar-refractivity contribution in [3.05, 3.63) is 106 Å². The lowest BCUT2D eigenvalue weighted by Gasteiger charge is -2.11. The fourth-order valence-electron chi connectivity index (χ4n) is 3.91. The second kappa shape index (κ2) is 9.82. The Labute approximate surface area is 214 Å². The van der Waals surface area contributed by atoms with Crippen LogP contribution < -0.4 is 5.32 Å². The van der Waals surface area contributed by atoms with Gasteiger partial charge in [-0.05, 0) is 29.8 Å². The van der Waals surface area contributed by atoms with E-state index in [1.165, 1.54) is 18.4 Å². The zero-order valence-electron chi connectivity index (χ0n) is 18.6. The van der Waals surface area contributed by atoms with Crippen molar-refractivity contribution in [2.75, 3.05) is 12.4 Å². The van der Waals surface area contributed by atoms with Crippen LogP contribution in [-0.4, -0.2) is 24.0 Å². The van der Waals surface area contributed by atoms with Crippen molar-refractivity contribution in [2.24, 2.45) is 0 Å². The van der Waals surface area contributed by atoms with E-state index >= 15 is 0 Å². The maximum atomic E-state index is 13.6. The molecule has 0 spiro atoms. The summed E-state index contributed by atoms with van der Waals surface area (Å²) in [5.41, 5.74) is 4.66. The zero-order chi connectivity index (χ0) is 24.4. The number of anilines is 1. The van der Waals surface area contributed by atoms with Crippen LogP contribution in [0.5, 0.6) is 0 Å². The van der Waals surface area contributed by atoms with Gasteiger partial charge in [-0.15, -0.1) is 11.3 Å². The lowest BCUT2D eigenvalue weighted by Crippen LogP contribution is -2.15. The molecule has 5 rings (SSSR count). The number of hydrogen-bond acceptors (Lipinski definition) is 5. The molecule has 0 atom stereocenters. The zero-order valence-corrected chi connectivity index (χ0v) is 21.0. The minimum Gasteiger partial charge on any atom is -0.465 e. The van der Waals surface area contributed by atoms with Gasteiger partial charge in [-0.2, -0.15) is 0 Å². The second-order valence-electron chi connectivity index (χ2n) is 7.75. The molecular weight excluding hydrogens is 524 g/mol. The number of amides is 1. The monoisotopic (exact) mass is 542 g/mol. The summed E-state index contributed by atoms with van der Waals surface area (Å²) in [5, 5.41) is 5.97. The average Bonchev–Trinajstić information content (AvgIpc) is 3.31. The molecule has 0 saturated heterocycles. The van der Waals surface area contributed by atoms with Crippen LogP contribution in [0.25, 0.3) is 33.3 Å². The Hall–Kier alpha value is -3.81. The predicted octanol–water partition coefficient (Wildman–Crippen LogP) is 7.43. The minimum atomic E-state index is -0.505. The molecule has 1 amide bonds. The molecule has 35 heavy (non-hydrogen) atoms. The third kappa shape index (κ3) is 4.60. The molecule has 5 aromatic rings. The van der Waals surface area contributed by atoms with E-state index in [2.05, 4.69) is 21.2 Å². The number of rotatable bonds is 5. The minimum absolute atomic E-state index is 0.327. The number of halogens is 1. The van der Waals surface area contributed by atoms with Crippen LogP contribution in [0.4, 0.5) is 5.00 Å². The second-order valence-corrected chi connectivity index (χ2v) is 9.54. The molecule has 0 aliphatic rings. The van der Waals surface area contributed by atoms with Gasteiger partial charge in [0.2, 0.25) is 0 Å². The predicted molar refractivity (Wildman–Crippen MR) is 144 cm³/mol. The number of methoxy groups -OCH3 is 1. The van der Waals surface area contributed by atoms with Crippen molar-refractivity contribution < 1.29 is 14.3 Å². The highest BCUT2D eigenvalue weighted by Gasteiger charge is 2.23. The number of thiophene rings is 1. The summed E-state index contributed by atoms with van der Waals surface area (Å²) in [5.74, 6) is -0.832. The first-order valence-electron chi connectivity index (χ1n) is 10.8. The number of hydrogen-bond donors (Lipinski definition) is 1. The van der Waals surface area contributed by atoms with E-state index in [4.69, 9.17) is 9.72 Å². The molecule has 0 unspecified atom stereocenters. The van der Waals surface area contributed by atoms with Crippen LogP contribution in [0.2, 0.25) is 0 Å². The van der Waals surface area contributed by atoms with Crippen LogP contribution in [0.15, 0.2) is 94.8 Å². The molecule has 0 bridgehead atoms. The lowest BCUT2D eigenvalue weighted by molar-refractivity contribution is 0.0603. The SMILES string of the molecule is COC(=O)c1c(-c2ccccc2)csc1NC(=O)c1cc(-c2cccc(Br)c2)nc2ccccc12. The van der Waals surface area contributed by atoms with Gasteiger partial charge >= 0.3 is 5.97 Å². The van der Waals surface area contributed by atoms with Crippen molar-refractivity contribution in [1.29, 1.82) is 0 Å². The highest BCUT2D eigenvalue weighted by atomic mass is 79.9. The molecule has 0 aliphatic carbocycles. The normalized spacial score (nSPS) is 10.8. The van der Waals surface area contributed by atoms with Crippen molar-refractivity contribution in [3.8, 4) is 22.4 Å². The highest BCUT2D eigenvalue weighted by Crippen LogP contribution is 2.37. The quantitative estimate of drug-likeness (QED) is 0.234. The molecule has 5 nitrogen and oxygen atoms in total. The molecule has 2 heterocycles. The van der Waals surface area contributed by atoms with Gasteiger partial charge in [0.25, 0.3) is 5.91 Å². The summed E-state index contributed by atoms with van der Waals surface area (Å²) in [7, 11) is 1.33. The number of fused-ring (bicyclic) bond motifs is 1. The third-order valence-corrected chi connectivity index (χ3v) is 6.96. The fraction of sp³-hybridized carbons (Fsp3) is 0.0357. The van der Waals surface area contributed by atoms with E-state index in [0.717, 1.165) is 21.0 Å². The Morgan fingerprint density at radius 2 is 1.66 bits per heavy atom. The summed E-state index contributed by atoms with van der Waals surface area (Å²) in [4.78, 5) is 31.1. The van der Waals surface area contributed by atoms with E-state index in [-0.39, 0.29) is 5.91 Å². The molecule has 0 fully saturated rings. The summed E-state index contributed by atoms with van der Waals surface area (Å²) in [6, 6.07) is 26.6. The summed E-state index contributed by atoms with van der Waals surface area (Å²) < 4.78 is 5.97. The van der Waals surface area contributed by atoms with Crippen molar-refractivity contribution in [2.45, 2.75) is 0 Å². The van der Waals surface area contributed by atoms with E-state index in [1.54, 1.807) is 6.07 Å². The van der Waals surface area contributed by atoms with Gasteiger partial charge in [0.05, 0.1) is 23.9 Å².